The van der Waals surface area contributed by atoms with E-state index in [4.69, 9.17) is 10.00 Å². The van der Waals surface area contributed by atoms with Gasteiger partial charge in [-0.05, 0) is 13.1 Å². The summed E-state index contributed by atoms with van der Waals surface area (Å²) in [6, 6.07) is 2.32. The van der Waals surface area contributed by atoms with Crippen molar-refractivity contribution in [1.82, 2.24) is 4.90 Å². The normalized spacial score (nSPS) is 15.4. The van der Waals surface area contributed by atoms with Gasteiger partial charge in [0.15, 0.2) is 0 Å². The van der Waals surface area contributed by atoms with Gasteiger partial charge in [-0.1, -0.05) is 20.8 Å². The summed E-state index contributed by atoms with van der Waals surface area (Å²) < 4.78 is 5.05. The van der Waals surface area contributed by atoms with Gasteiger partial charge in [-0.15, -0.1) is 0 Å². The second-order valence-corrected chi connectivity index (χ2v) is 3.23. The van der Waals surface area contributed by atoms with Crippen molar-refractivity contribution < 1.29 is 4.74 Å². The first-order valence-electron chi connectivity index (χ1n) is 4.83. The predicted octanol–water partition coefficient (Wildman–Crippen LogP) is 1.50. The molecule has 0 aromatic rings. The van der Waals surface area contributed by atoms with Crippen molar-refractivity contribution in [2.75, 3.05) is 26.8 Å². The predicted molar refractivity (Wildman–Crippen MR) is 53.4 cm³/mol. The van der Waals surface area contributed by atoms with Crippen LogP contribution in [-0.2, 0) is 4.74 Å². The molecule has 0 spiro atoms. The number of nitriles is 1. The maximum atomic E-state index is 9.01. The standard InChI is InChI=1S/C10H20N2O/c1-5-12(6-2)10(7-11)9(3)8-13-4/h9-10H,5-6,8H2,1-4H3. The van der Waals surface area contributed by atoms with E-state index in [0.717, 1.165) is 13.1 Å². The number of rotatable bonds is 6. The number of nitrogens with zero attached hydrogens (tertiary/aromatic N) is 2. The van der Waals surface area contributed by atoms with Crippen LogP contribution in [0.25, 0.3) is 0 Å². The van der Waals surface area contributed by atoms with E-state index < -0.39 is 0 Å². The maximum absolute atomic E-state index is 9.01. The fourth-order valence-corrected chi connectivity index (χ4v) is 1.54. The summed E-state index contributed by atoms with van der Waals surface area (Å²) in [5.41, 5.74) is 0. The van der Waals surface area contributed by atoms with Gasteiger partial charge in [0, 0.05) is 13.0 Å². The molecule has 0 saturated carbocycles. The number of ether oxygens (including phenoxy) is 1. The molecule has 76 valence electrons. The van der Waals surface area contributed by atoms with Crippen LogP contribution < -0.4 is 0 Å². The van der Waals surface area contributed by atoms with Gasteiger partial charge in [0.25, 0.3) is 0 Å². The SMILES string of the molecule is CCN(CC)C(C#N)C(C)COC. The van der Waals surface area contributed by atoms with Crippen LogP contribution in [0.1, 0.15) is 20.8 Å². The van der Waals surface area contributed by atoms with Gasteiger partial charge < -0.3 is 4.74 Å². The zero-order chi connectivity index (χ0) is 10.3. The van der Waals surface area contributed by atoms with Gasteiger partial charge in [0.2, 0.25) is 0 Å². The molecule has 13 heavy (non-hydrogen) atoms. The monoisotopic (exact) mass is 184 g/mol. The summed E-state index contributed by atoms with van der Waals surface area (Å²) in [5, 5.41) is 9.01. The lowest BCUT2D eigenvalue weighted by atomic mass is 10.0. The van der Waals surface area contributed by atoms with E-state index in [2.05, 4.69) is 31.7 Å². The highest BCUT2D eigenvalue weighted by Crippen LogP contribution is 2.10. The lowest BCUT2D eigenvalue weighted by Gasteiger charge is -2.28. The molecule has 3 nitrogen and oxygen atoms in total. The molecule has 0 amide bonds. The topological polar surface area (TPSA) is 36.3 Å². The van der Waals surface area contributed by atoms with Gasteiger partial charge in [-0.3, -0.25) is 4.90 Å². The Bertz CT molecular complexity index is 161. The first-order chi connectivity index (χ1) is 6.21. The van der Waals surface area contributed by atoms with Gasteiger partial charge >= 0.3 is 0 Å². The molecule has 2 unspecified atom stereocenters. The molecule has 0 aromatic carbocycles. The minimum atomic E-state index is -0.0186. The summed E-state index contributed by atoms with van der Waals surface area (Å²) in [4.78, 5) is 2.16. The highest BCUT2D eigenvalue weighted by atomic mass is 16.5. The molecule has 0 fully saturated rings. The molecule has 0 saturated heterocycles. The highest BCUT2D eigenvalue weighted by molar-refractivity contribution is 4.94. The Morgan fingerprint density at radius 2 is 1.92 bits per heavy atom. The number of methoxy groups -OCH3 is 1. The van der Waals surface area contributed by atoms with Gasteiger partial charge in [0.05, 0.1) is 12.7 Å². The van der Waals surface area contributed by atoms with Crippen LogP contribution in [0.4, 0.5) is 0 Å². The van der Waals surface area contributed by atoms with Crippen LogP contribution in [-0.4, -0.2) is 37.7 Å². The number of hydrogen-bond donors (Lipinski definition) is 0. The molecule has 0 aliphatic heterocycles. The van der Waals surface area contributed by atoms with E-state index in [1.165, 1.54) is 0 Å². The minimum Gasteiger partial charge on any atom is -0.384 e. The first kappa shape index (κ1) is 12.4. The van der Waals surface area contributed by atoms with Crippen LogP contribution in [0, 0.1) is 17.2 Å². The van der Waals surface area contributed by atoms with Crippen LogP contribution in [0.2, 0.25) is 0 Å². The molecule has 0 aliphatic rings. The van der Waals surface area contributed by atoms with E-state index in [-0.39, 0.29) is 12.0 Å². The Labute approximate surface area is 81.3 Å². The van der Waals surface area contributed by atoms with E-state index >= 15 is 0 Å². The van der Waals surface area contributed by atoms with Crippen LogP contribution in [0.15, 0.2) is 0 Å². The maximum Gasteiger partial charge on any atom is 0.103 e. The molecule has 0 bridgehead atoms. The van der Waals surface area contributed by atoms with Crippen molar-refractivity contribution in [2.24, 2.45) is 5.92 Å². The Morgan fingerprint density at radius 1 is 1.38 bits per heavy atom. The lowest BCUT2D eigenvalue weighted by molar-refractivity contribution is 0.110. The lowest BCUT2D eigenvalue weighted by Crippen LogP contribution is -2.40. The Kier molecular flexibility index (Phi) is 6.56. The molecule has 0 heterocycles. The van der Waals surface area contributed by atoms with Crippen molar-refractivity contribution in [3.05, 3.63) is 0 Å². The fraction of sp³-hybridized carbons (Fsp3) is 0.900. The van der Waals surface area contributed by atoms with E-state index in [1.807, 2.05) is 0 Å². The average Bonchev–Trinajstić information content (AvgIpc) is 2.14. The summed E-state index contributed by atoms with van der Waals surface area (Å²) >= 11 is 0. The third-order valence-electron chi connectivity index (χ3n) is 2.31. The van der Waals surface area contributed by atoms with Crippen molar-refractivity contribution in [3.63, 3.8) is 0 Å². The molecule has 2 atom stereocenters. The summed E-state index contributed by atoms with van der Waals surface area (Å²) in [5.74, 6) is 0.273. The van der Waals surface area contributed by atoms with Crippen LogP contribution in [0.3, 0.4) is 0 Å². The third kappa shape index (κ3) is 3.75. The van der Waals surface area contributed by atoms with Gasteiger partial charge in [-0.2, -0.15) is 5.26 Å². The van der Waals surface area contributed by atoms with Crippen LogP contribution >= 0.6 is 0 Å². The van der Waals surface area contributed by atoms with Crippen molar-refractivity contribution >= 4 is 0 Å². The smallest absolute Gasteiger partial charge is 0.103 e. The van der Waals surface area contributed by atoms with Crippen molar-refractivity contribution in [3.8, 4) is 6.07 Å². The molecule has 0 aliphatic carbocycles. The van der Waals surface area contributed by atoms with Gasteiger partial charge in [-0.25, -0.2) is 0 Å². The third-order valence-corrected chi connectivity index (χ3v) is 2.31. The zero-order valence-electron chi connectivity index (χ0n) is 9.08. The molecular weight excluding hydrogens is 164 g/mol. The fourth-order valence-electron chi connectivity index (χ4n) is 1.54. The summed E-state index contributed by atoms with van der Waals surface area (Å²) in [7, 11) is 1.67. The zero-order valence-corrected chi connectivity index (χ0v) is 9.08. The molecule has 0 rings (SSSR count). The van der Waals surface area contributed by atoms with E-state index in [9.17, 15) is 0 Å². The molecule has 0 radical (unpaired) electrons. The Balaban J connectivity index is 4.22. The van der Waals surface area contributed by atoms with E-state index in [0.29, 0.717) is 6.61 Å². The van der Waals surface area contributed by atoms with Crippen molar-refractivity contribution in [1.29, 1.82) is 5.26 Å². The van der Waals surface area contributed by atoms with Gasteiger partial charge in [0.1, 0.15) is 6.04 Å². The first-order valence-corrected chi connectivity index (χ1v) is 4.83. The second-order valence-electron chi connectivity index (χ2n) is 3.23. The average molecular weight is 184 g/mol. The molecule has 3 heteroatoms. The number of hydrogen-bond acceptors (Lipinski definition) is 3. The Morgan fingerprint density at radius 3 is 2.23 bits per heavy atom. The van der Waals surface area contributed by atoms with E-state index in [1.54, 1.807) is 7.11 Å². The quantitative estimate of drug-likeness (QED) is 0.627. The Hall–Kier alpha value is -0.590. The van der Waals surface area contributed by atoms with Crippen molar-refractivity contribution in [2.45, 2.75) is 26.8 Å². The molecular formula is C10H20N2O. The van der Waals surface area contributed by atoms with Crippen LogP contribution in [0.5, 0.6) is 0 Å². The molecule has 0 N–H and O–H groups in total. The summed E-state index contributed by atoms with van der Waals surface area (Å²) in [6.07, 6.45) is 0. The molecule has 0 aromatic heterocycles. The summed E-state index contributed by atoms with van der Waals surface area (Å²) in [6.45, 7) is 8.69. The highest BCUT2D eigenvalue weighted by Gasteiger charge is 2.21. The minimum absolute atomic E-state index is 0.0186. The second kappa shape index (κ2) is 6.88. The largest absolute Gasteiger partial charge is 0.384 e.